The molecule has 4 atom stereocenters. The van der Waals surface area contributed by atoms with Crippen LogP contribution < -0.4 is 10.9 Å². The quantitative estimate of drug-likeness (QED) is 0.128. The Morgan fingerprint density at radius 1 is 1.39 bits per heavy atom. The number of aromatic nitrogens is 4. The molecule has 0 saturated carbocycles. The lowest BCUT2D eigenvalue weighted by Crippen LogP contribution is -2.33. The maximum atomic E-state index is 12.4. The molecule has 1 aliphatic rings. The van der Waals surface area contributed by atoms with E-state index in [1.807, 2.05) is 0 Å². The lowest BCUT2D eigenvalue weighted by atomic mass is 10.1. The molecule has 1 saturated heterocycles. The SMILES string of the molecule is O=c1[nH]c(NCc2sccc2[N+](=O)[O-])nc2c1ncn2[C@@H]1O[C@H](COP(=O)(O)O)[C@@H](O)[C@H]1O. The van der Waals surface area contributed by atoms with Gasteiger partial charge in [-0.05, 0) is 5.38 Å². The normalized spacial score (nSPS) is 23.3. The number of nitro groups is 1. The molecular weight excluding hydrogens is 487 g/mol. The number of anilines is 1. The van der Waals surface area contributed by atoms with E-state index in [9.17, 15) is 29.7 Å². The number of H-pyrrole nitrogens is 1. The minimum absolute atomic E-state index is 0.000377. The maximum absolute atomic E-state index is 12.4. The van der Waals surface area contributed by atoms with Gasteiger partial charge in [0.25, 0.3) is 11.2 Å². The summed E-state index contributed by atoms with van der Waals surface area (Å²) in [6.45, 7) is -0.703. The molecule has 178 valence electrons. The number of imidazole rings is 1. The summed E-state index contributed by atoms with van der Waals surface area (Å²) in [5.41, 5.74) is -0.866. The average Bonchev–Trinajstić information content (AvgIpc) is 3.44. The van der Waals surface area contributed by atoms with Gasteiger partial charge >= 0.3 is 7.82 Å². The van der Waals surface area contributed by atoms with Crippen molar-refractivity contribution in [2.45, 2.75) is 31.1 Å². The molecule has 3 aromatic heterocycles. The Balaban J connectivity index is 1.58. The van der Waals surface area contributed by atoms with E-state index in [1.165, 1.54) is 10.6 Å². The average molecular weight is 504 g/mol. The number of phosphoric ester groups is 1. The highest BCUT2D eigenvalue weighted by molar-refractivity contribution is 7.46. The first-order valence-corrected chi connectivity index (χ1v) is 11.6. The Kier molecular flexibility index (Phi) is 6.30. The molecule has 1 fully saturated rings. The fourth-order valence-electron chi connectivity index (χ4n) is 3.26. The van der Waals surface area contributed by atoms with E-state index in [-0.39, 0.29) is 29.3 Å². The number of phosphoric acid groups is 1. The monoisotopic (exact) mass is 504 g/mol. The fraction of sp³-hybridized carbons (Fsp3) is 0.400. The van der Waals surface area contributed by atoms with Crippen LogP contribution in [-0.2, 0) is 20.4 Å². The molecule has 0 unspecified atom stereocenters. The van der Waals surface area contributed by atoms with E-state index in [1.54, 1.807) is 5.38 Å². The van der Waals surface area contributed by atoms with Gasteiger partial charge in [-0.25, -0.2) is 9.55 Å². The van der Waals surface area contributed by atoms with Crippen molar-refractivity contribution in [3.8, 4) is 0 Å². The van der Waals surface area contributed by atoms with Gasteiger partial charge in [0.05, 0.1) is 24.4 Å². The summed E-state index contributed by atoms with van der Waals surface area (Å²) in [5.74, 6) is -0.0358. The van der Waals surface area contributed by atoms with Crippen LogP contribution in [-0.4, -0.2) is 69.4 Å². The number of ether oxygens (including phenoxy) is 1. The minimum atomic E-state index is -4.83. The molecule has 0 aromatic carbocycles. The summed E-state index contributed by atoms with van der Waals surface area (Å²) >= 11 is 1.15. The van der Waals surface area contributed by atoms with Gasteiger partial charge in [0.1, 0.15) is 23.2 Å². The molecule has 1 aliphatic heterocycles. The summed E-state index contributed by atoms with van der Waals surface area (Å²) in [7, 11) is -4.83. The number of hydrogen-bond donors (Lipinski definition) is 6. The largest absolute Gasteiger partial charge is 0.469 e. The Bertz CT molecular complexity index is 1290. The smallest absolute Gasteiger partial charge is 0.387 e. The van der Waals surface area contributed by atoms with E-state index in [0.29, 0.717) is 4.88 Å². The van der Waals surface area contributed by atoms with Gasteiger partial charge in [-0.1, -0.05) is 0 Å². The second-order valence-corrected chi connectivity index (χ2v) is 9.15. The second kappa shape index (κ2) is 8.88. The summed E-state index contributed by atoms with van der Waals surface area (Å²) in [6.07, 6.45) is -4.55. The number of hydrogen-bond acceptors (Lipinski definition) is 12. The highest BCUT2D eigenvalue weighted by atomic mass is 32.1. The lowest BCUT2D eigenvalue weighted by Gasteiger charge is -2.16. The molecule has 0 amide bonds. The van der Waals surface area contributed by atoms with Crippen molar-refractivity contribution < 1.29 is 38.7 Å². The Morgan fingerprint density at radius 3 is 2.85 bits per heavy atom. The van der Waals surface area contributed by atoms with Crippen LogP contribution in [0.25, 0.3) is 11.2 Å². The first kappa shape index (κ1) is 23.4. The summed E-state index contributed by atoms with van der Waals surface area (Å²) in [6, 6.07) is 1.35. The van der Waals surface area contributed by atoms with Crippen molar-refractivity contribution in [3.63, 3.8) is 0 Å². The van der Waals surface area contributed by atoms with Crippen molar-refractivity contribution in [2.24, 2.45) is 0 Å². The molecule has 3 aromatic rings. The van der Waals surface area contributed by atoms with Gasteiger partial charge in [-0.15, -0.1) is 11.3 Å². The lowest BCUT2D eigenvalue weighted by molar-refractivity contribution is -0.385. The molecule has 0 bridgehead atoms. The maximum Gasteiger partial charge on any atom is 0.469 e. The number of aliphatic hydroxyl groups is 2. The van der Waals surface area contributed by atoms with Crippen molar-refractivity contribution in [2.75, 3.05) is 11.9 Å². The molecule has 16 nitrogen and oxygen atoms in total. The van der Waals surface area contributed by atoms with Crippen LogP contribution in [0.4, 0.5) is 11.6 Å². The van der Waals surface area contributed by atoms with Crippen molar-refractivity contribution in [1.29, 1.82) is 0 Å². The van der Waals surface area contributed by atoms with Gasteiger partial charge in [-0.2, -0.15) is 4.98 Å². The van der Waals surface area contributed by atoms with Crippen molar-refractivity contribution >= 4 is 42.0 Å². The molecule has 0 spiro atoms. The number of aliphatic hydroxyl groups excluding tert-OH is 2. The van der Waals surface area contributed by atoms with Crippen LogP contribution in [0.5, 0.6) is 0 Å². The molecule has 4 rings (SSSR count). The van der Waals surface area contributed by atoms with Crippen molar-refractivity contribution in [1.82, 2.24) is 19.5 Å². The number of thiophene rings is 1. The Morgan fingerprint density at radius 2 is 2.15 bits per heavy atom. The van der Waals surface area contributed by atoms with E-state index in [4.69, 9.17) is 14.5 Å². The van der Waals surface area contributed by atoms with Crippen LogP contribution in [0, 0.1) is 10.1 Å². The molecule has 33 heavy (non-hydrogen) atoms. The van der Waals surface area contributed by atoms with Gasteiger partial charge < -0.3 is 30.1 Å². The number of nitrogens with zero attached hydrogens (tertiary/aromatic N) is 4. The topological polar surface area (TPSA) is 235 Å². The number of rotatable bonds is 8. The molecule has 6 N–H and O–H groups in total. The zero-order valence-electron chi connectivity index (χ0n) is 16.3. The highest BCUT2D eigenvalue weighted by Gasteiger charge is 2.45. The van der Waals surface area contributed by atoms with Crippen LogP contribution >= 0.6 is 19.2 Å². The predicted molar refractivity (Wildman–Crippen MR) is 110 cm³/mol. The van der Waals surface area contributed by atoms with Crippen LogP contribution in [0.1, 0.15) is 11.1 Å². The molecule has 0 aliphatic carbocycles. The second-order valence-electron chi connectivity index (χ2n) is 6.91. The van der Waals surface area contributed by atoms with Crippen LogP contribution in [0.15, 0.2) is 22.6 Å². The van der Waals surface area contributed by atoms with E-state index in [0.717, 1.165) is 17.7 Å². The third-order valence-electron chi connectivity index (χ3n) is 4.79. The van der Waals surface area contributed by atoms with E-state index >= 15 is 0 Å². The van der Waals surface area contributed by atoms with Crippen molar-refractivity contribution in [3.05, 3.63) is 43.1 Å². The van der Waals surface area contributed by atoms with E-state index in [2.05, 4.69) is 24.8 Å². The molecule has 4 heterocycles. The van der Waals surface area contributed by atoms with Gasteiger partial charge in [0, 0.05) is 6.07 Å². The van der Waals surface area contributed by atoms with Crippen LogP contribution in [0.2, 0.25) is 0 Å². The Hall–Kier alpha value is -2.76. The third-order valence-corrected chi connectivity index (χ3v) is 6.18. The fourth-order valence-corrected chi connectivity index (χ4v) is 4.38. The number of nitrogens with one attached hydrogen (secondary N) is 2. The molecule has 0 radical (unpaired) electrons. The molecule has 18 heteroatoms. The number of aromatic amines is 1. The third kappa shape index (κ3) is 4.80. The zero-order chi connectivity index (χ0) is 23.9. The first-order valence-electron chi connectivity index (χ1n) is 9.18. The zero-order valence-corrected chi connectivity index (χ0v) is 18.0. The van der Waals surface area contributed by atoms with Crippen LogP contribution in [0.3, 0.4) is 0 Å². The summed E-state index contributed by atoms with van der Waals surface area (Å²) in [5, 5.41) is 35.9. The summed E-state index contributed by atoms with van der Waals surface area (Å²) in [4.78, 5) is 51.6. The molecular formula is C15H17N6O10PS. The van der Waals surface area contributed by atoms with E-state index < -0.39 is 49.5 Å². The minimum Gasteiger partial charge on any atom is -0.387 e. The van der Waals surface area contributed by atoms with Gasteiger partial charge in [0.15, 0.2) is 17.4 Å². The van der Waals surface area contributed by atoms with Gasteiger partial charge in [-0.3, -0.25) is 29.0 Å². The predicted octanol–water partition coefficient (Wildman–Crippen LogP) is -0.570. The van der Waals surface area contributed by atoms with Gasteiger partial charge in [0.2, 0.25) is 5.95 Å². The number of fused-ring (bicyclic) bond motifs is 1. The summed E-state index contributed by atoms with van der Waals surface area (Å²) < 4.78 is 21.9. The first-order chi connectivity index (χ1) is 15.5. The Labute approximate surface area is 186 Å². The standard InChI is InChI=1S/C15H17N6O10PS/c22-10-7(4-30-32(27,28)29)31-14(11(10)23)20-5-17-9-12(20)18-15(19-13(9)24)16-3-8-6(21(25)26)1-2-33-8/h1-2,5,7,10-11,14,22-23H,3-4H2,(H2,27,28,29)(H2,16,18,19,24)/t7-,10-,11-,14-/m1/s1. The highest BCUT2D eigenvalue weighted by Crippen LogP contribution is 2.38.